The lowest BCUT2D eigenvalue weighted by atomic mass is 9.89. The molecule has 1 heterocycles. The van der Waals surface area contributed by atoms with Gasteiger partial charge in [-0.25, -0.2) is 4.68 Å². The quantitative estimate of drug-likeness (QED) is 0.704. The third-order valence-corrected chi connectivity index (χ3v) is 4.92. The van der Waals surface area contributed by atoms with Crippen LogP contribution < -0.4 is 0 Å². The molecule has 2 rings (SSSR count). The second-order valence-electron chi connectivity index (χ2n) is 5.20. The summed E-state index contributed by atoms with van der Waals surface area (Å²) in [5, 5.41) is 6.50. The second kappa shape index (κ2) is 5.73. The first-order valence-corrected chi connectivity index (χ1v) is 7.91. The van der Waals surface area contributed by atoms with Gasteiger partial charge in [-0.05, 0) is 42.9 Å². The Bertz CT molecular complexity index is 611. The van der Waals surface area contributed by atoms with Crippen molar-refractivity contribution in [2.75, 3.05) is 0 Å². The molecule has 1 aromatic heterocycles. The highest BCUT2D eigenvalue weighted by Crippen LogP contribution is 2.31. The summed E-state index contributed by atoms with van der Waals surface area (Å²) < 4.78 is 2.60. The van der Waals surface area contributed by atoms with E-state index in [9.17, 15) is 0 Å². The van der Waals surface area contributed by atoms with E-state index in [4.69, 9.17) is 23.8 Å². The monoisotopic (exact) mass is 312 g/mol. The Labute approximate surface area is 128 Å². The van der Waals surface area contributed by atoms with E-state index in [0.717, 1.165) is 32.5 Å². The molecule has 19 heavy (non-hydrogen) atoms. The third kappa shape index (κ3) is 3.25. The Morgan fingerprint density at radius 3 is 2.53 bits per heavy atom. The number of hydrogen-bond donors (Lipinski definition) is 0. The van der Waals surface area contributed by atoms with Crippen LogP contribution in [0.3, 0.4) is 0 Å². The average Bonchev–Trinajstić information content (AvgIpc) is 2.73. The normalized spacial score (nSPS) is 11.8. The molecule has 0 aliphatic rings. The molecule has 1 aromatic carbocycles. The summed E-state index contributed by atoms with van der Waals surface area (Å²) >= 11 is 12.9. The van der Waals surface area contributed by atoms with Gasteiger partial charge >= 0.3 is 0 Å². The maximum Gasteiger partial charge on any atom is 0.184 e. The largest absolute Gasteiger partial charge is 0.212 e. The van der Waals surface area contributed by atoms with Gasteiger partial charge in [0.05, 0.1) is 5.69 Å². The number of benzene rings is 1. The summed E-state index contributed by atoms with van der Waals surface area (Å²) in [6.45, 7) is 6.63. The van der Waals surface area contributed by atoms with Gasteiger partial charge in [0.15, 0.2) is 3.95 Å². The van der Waals surface area contributed by atoms with Crippen molar-refractivity contribution in [1.82, 2.24) is 9.78 Å². The van der Waals surface area contributed by atoms with Crippen LogP contribution in [0, 0.1) is 3.95 Å². The molecule has 0 saturated heterocycles. The van der Waals surface area contributed by atoms with Crippen molar-refractivity contribution in [3.8, 4) is 5.69 Å². The topological polar surface area (TPSA) is 17.8 Å². The van der Waals surface area contributed by atoms with Gasteiger partial charge in [0.25, 0.3) is 0 Å². The molecule has 0 aliphatic heterocycles. The predicted molar refractivity (Wildman–Crippen MR) is 85.2 cm³/mol. The SMILES string of the molecule is CCCC(C)(C)c1nn(-c2ccc(Cl)cc2)c(=S)s1. The first kappa shape index (κ1) is 14.7. The lowest BCUT2D eigenvalue weighted by Gasteiger charge is -2.20. The van der Waals surface area contributed by atoms with Crippen LogP contribution in [0.15, 0.2) is 24.3 Å². The zero-order valence-electron chi connectivity index (χ0n) is 11.3. The summed E-state index contributed by atoms with van der Waals surface area (Å²) in [6, 6.07) is 7.59. The molecule has 0 unspecified atom stereocenters. The lowest BCUT2D eigenvalue weighted by Crippen LogP contribution is -2.17. The van der Waals surface area contributed by atoms with Crippen LogP contribution in [0.5, 0.6) is 0 Å². The third-order valence-electron chi connectivity index (χ3n) is 3.07. The van der Waals surface area contributed by atoms with E-state index in [1.807, 2.05) is 28.9 Å². The van der Waals surface area contributed by atoms with E-state index in [0.29, 0.717) is 0 Å². The van der Waals surface area contributed by atoms with Gasteiger partial charge < -0.3 is 0 Å². The molecule has 5 heteroatoms. The molecular formula is C14H17ClN2S2. The summed E-state index contributed by atoms with van der Waals surface area (Å²) in [7, 11) is 0. The minimum atomic E-state index is 0.0741. The van der Waals surface area contributed by atoms with Crippen molar-refractivity contribution in [2.24, 2.45) is 0 Å². The van der Waals surface area contributed by atoms with Crippen LogP contribution >= 0.6 is 35.2 Å². The highest BCUT2D eigenvalue weighted by atomic mass is 35.5. The van der Waals surface area contributed by atoms with E-state index in [-0.39, 0.29) is 5.41 Å². The Hall–Kier alpha value is -0.710. The molecular weight excluding hydrogens is 296 g/mol. The highest BCUT2D eigenvalue weighted by Gasteiger charge is 2.24. The van der Waals surface area contributed by atoms with Crippen LogP contribution in [0.4, 0.5) is 0 Å². The average molecular weight is 313 g/mol. The van der Waals surface area contributed by atoms with Gasteiger partial charge in [0.1, 0.15) is 5.01 Å². The molecule has 0 aliphatic carbocycles. The van der Waals surface area contributed by atoms with Gasteiger partial charge in [-0.2, -0.15) is 5.10 Å². The zero-order chi connectivity index (χ0) is 14.0. The second-order valence-corrected chi connectivity index (χ2v) is 7.25. The molecule has 0 bridgehead atoms. The zero-order valence-corrected chi connectivity index (χ0v) is 13.7. The van der Waals surface area contributed by atoms with Gasteiger partial charge in [-0.15, -0.1) is 0 Å². The Morgan fingerprint density at radius 1 is 1.32 bits per heavy atom. The van der Waals surface area contributed by atoms with Gasteiger partial charge in [0, 0.05) is 10.4 Å². The van der Waals surface area contributed by atoms with Crippen molar-refractivity contribution in [3.05, 3.63) is 38.3 Å². The summed E-state index contributed by atoms with van der Waals surface area (Å²) in [4.78, 5) is 0. The predicted octanol–water partition coefficient (Wildman–Crippen LogP) is 5.39. The molecule has 0 atom stereocenters. The number of rotatable bonds is 4. The Kier molecular flexibility index (Phi) is 4.43. The Morgan fingerprint density at radius 2 is 1.95 bits per heavy atom. The number of aromatic nitrogens is 2. The van der Waals surface area contributed by atoms with E-state index < -0.39 is 0 Å². The summed E-state index contributed by atoms with van der Waals surface area (Å²) in [6.07, 6.45) is 2.25. The minimum Gasteiger partial charge on any atom is -0.212 e. The number of hydrogen-bond acceptors (Lipinski definition) is 3. The van der Waals surface area contributed by atoms with E-state index >= 15 is 0 Å². The fourth-order valence-electron chi connectivity index (χ4n) is 2.03. The standard InChI is InChI=1S/C14H17ClN2S2/c1-4-9-14(2,3)12-16-17(13(18)19-12)11-7-5-10(15)6-8-11/h5-8H,4,9H2,1-3H3. The van der Waals surface area contributed by atoms with Gasteiger partial charge in [-0.3, -0.25) is 0 Å². The molecule has 0 radical (unpaired) electrons. The summed E-state index contributed by atoms with van der Waals surface area (Å²) in [5.41, 5.74) is 1.04. The van der Waals surface area contributed by atoms with Gasteiger partial charge in [-0.1, -0.05) is 50.1 Å². The van der Waals surface area contributed by atoms with Crippen LogP contribution in [0.2, 0.25) is 5.02 Å². The molecule has 0 spiro atoms. The van der Waals surface area contributed by atoms with Gasteiger partial charge in [0.2, 0.25) is 0 Å². The fourth-order valence-corrected chi connectivity index (χ4v) is 3.44. The molecule has 0 N–H and O–H groups in total. The molecule has 0 amide bonds. The first-order chi connectivity index (χ1) is 8.94. The number of halogens is 1. The van der Waals surface area contributed by atoms with Crippen molar-refractivity contribution in [2.45, 2.75) is 39.0 Å². The van der Waals surface area contributed by atoms with E-state index in [1.165, 1.54) is 0 Å². The van der Waals surface area contributed by atoms with Crippen molar-refractivity contribution < 1.29 is 0 Å². The molecule has 0 saturated carbocycles. The molecule has 0 fully saturated rings. The lowest BCUT2D eigenvalue weighted by molar-refractivity contribution is 0.463. The van der Waals surface area contributed by atoms with Crippen LogP contribution in [-0.2, 0) is 5.41 Å². The van der Waals surface area contributed by atoms with Crippen molar-refractivity contribution >= 4 is 35.2 Å². The van der Waals surface area contributed by atoms with Crippen LogP contribution in [0.1, 0.15) is 38.6 Å². The van der Waals surface area contributed by atoms with Crippen LogP contribution in [-0.4, -0.2) is 9.78 Å². The van der Waals surface area contributed by atoms with E-state index in [2.05, 4.69) is 25.9 Å². The van der Waals surface area contributed by atoms with E-state index in [1.54, 1.807) is 11.3 Å². The maximum atomic E-state index is 5.90. The molecule has 102 valence electrons. The molecule has 2 aromatic rings. The summed E-state index contributed by atoms with van der Waals surface area (Å²) in [5.74, 6) is 0. The maximum absolute atomic E-state index is 5.90. The first-order valence-electron chi connectivity index (χ1n) is 6.30. The van der Waals surface area contributed by atoms with Crippen molar-refractivity contribution in [1.29, 1.82) is 0 Å². The van der Waals surface area contributed by atoms with Crippen LogP contribution in [0.25, 0.3) is 5.69 Å². The smallest absolute Gasteiger partial charge is 0.184 e. The molecule has 2 nitrogen and oxygen atoms in total. The number of nitrogens with zero attached hydrogens (tertiary/aromatic N) is 2. The van der Waals surface area contributed by atoms with Crippen molar-refractivity contribution in [3.63, 3.8) is 0 Å². The highest BCUT2D eigenvalue weighted by molar-refractivity contribution is 7.73. The minimum absolute atomic E-state index is 0.0741. The fraction of sp³-hybridized carbons (Fsp3) is 0.429. The Balaban J connectivity index is 2.42.